The van der Waals surface area contributed by atoms with Crippen LogP contribution >= 0.6 is 0 Å². The molecule has 40 heavy (non-hydrogen) atoms. The van der Waals surface area contributed by atoms with Crippen LogP contribution in [0.15, 0.2) is 109 Å². The highest BCUT2D eigenvalue weighted by molar-refractivity contribution is 5.78. The monoisotopic (exact) mass is 527 g/mol. The van der Waals surface area contributed by atoms with Crippen molar-refractivity contribution < 1.29 is 5.11 Å². The summed E-state index contributed by atoms with van der Waals surface area (Å²) < 4.78 is 0. The standard InChI is InChI=1S/C36H37N3O/c1-25(2)20-26-18-19-37-35(21-26)39(30-12-7-6-8-13-30)34-17-11-15-32(38-34)28-22-27(23-29(24-28)36(3,4)5)31-14-9-10-16-33(31)40/h6-19,21-25,40H,20H2,1-5H3. The Balaban J connectivity index is 1.65. The van der Waals surface area contributed by atoms with E-state index in [1.807, 2.05) is 54.7 Å². The van der Waals surface area contributed by atoms with E-state index in [-0.39, 0.29) is 11.2 Å². The Morgan fingerprint density at radius 2 is 1.48 bits per heavy atom. The maximum absolute atomic E-state index is 10.6. The number of rotatable bonds is 7. The van der Waals surface area contributed by atoms with Crippen LogP contribution in [-0.4, -0.2) is 15.1 Å². The minimum Gasteiger partial charge on any atom is -0.507 e. The van der Waals surface area contributed by atoms with Gasteiger partial charge in [-0.25, -0.2) is 9.97 Å². The molecule has 2 aromatic heterocycles. The second kappa shape index (κ2) is 11.4. The summed E-state index contributed by atoms with van der Waals surface area (Å²) in [6, 6.07) is 34.6. The Morgan fingerprint density at radius 1 is 0.750 bits per heavy atom. The lowest BCUT2D eigenvalue weighted by Gasteiger charge is -2.25. The average Bonchev–Trinajstić information content (AvgIpc) is 2.93. The van der Waals surface area contributed by atoms with Crippen LogP contribution in [0.1, 0.15) is 45.7 Å². The molecule has 0 unspecified atom stereocenters. The third-order valence-electron chi connectivity index (χ3n) is 6.97. The van der Waals surface area contributed by atoms with Gasteiger partial charge in [0.05, 0.1) is 5.69 Å². The van der Waals surface area contributed by atoms with E-state index in [4.69, 9.17) is 9.97 Å². The molecule has 0 fully saturated rings. The zero-order chi connectivity index (χ0) is 28.3. The second-order valence-corrected chi connectivity index (χ2v) is 11.7. The van der Waals surface area contributed by atoms with Crippen LogP contribution in [0.5, 0.6) is 5.75 Å². The average molecular weight is 528 g/mol. The molecule has 0 aliphatic heterocycles. The van der Waals surface area contributed by atoms with E-state index >= 15 is 0 Å². The van der Waals surface area contributed by atoms with Crippen LogP contribution in [0.4, 0.5) is 17.3 Å². The summed E-state index contributed by atoms with van der Waals surface area (Å²) in [5.41, 5.74) is 6.99. The van der Waals surface area contributed by atoms with E-state index in [9.17, 15) is 5.11 Å². The number of pyridine rings is 2. The summed E-state index contributed by atoms with van der Waals surface area (Å²) in [4.78, 5) is 12.1. The van der Waals surface area contributed by atoms with Gasteiger partial charge in [-0.1, -0.05) is 83.1 Å². The SMILES string of the molecule is CC(C)Cc1ccnc(N(c2ccccc2)c2cccc(-c3cc(-c4ccccc4O)cc(C(C)(C)C)c3)n2)c1. The highest BCUT2D eigenvalue weighted by atomic mass is 16.3. The molecule has 5 aromatic rings. The van der Waals surface area contributed by atoms with Gasteiger partial charge in [0.25, 0.3) is 0 Å². The number of para-hydroxylation sites is 2. The predicted octanol–water partition coefficient (Wildman–Crippen LogP) is 9.48. The Bertz CT molecular complexity index is 1600. The molecule has 0 bridgehead atoms. The lowest BCUT2D eigenvalue weighted by molar-refractivity contribution is 0.477. The Hall–Kier alpha value is -4.44. The lowest BCUT2D eigenvalue weighted by atomic mass is 9.83. The molecule has 0 saturated heterocycles. The maximum atomic E-state index is 10.6. The highest BCUT2D eigenvalue weighted by Gasteiger charge is 2.20. The number of phenols is 1. The summed E-state index contributed by atoms with van der Waals surface area (Å²) in [5.74, 6) is 2.45. The van der Waals surface area contributed by atoms with Gasteiger partial charge >= 0.3 is 0 Å². The molecule has 1 N–H and O–H groups in total. The fourth-order valence-electron chi connectivity index (χ4n) is 4.93. The number of aromatic hydroxyl groups is 1. The Morgan fingerprint density at radius 3 is 2.20 bits per heavy atom. The normalized spacial score (nSPS) is 11.6. The quantitative estimate of drug-likeness (QED) is 0.229. The van der Waals surface area contributed by atoms with Crippen molar-refractivity contribution in [1.82, 2.24) is 9.97 Å². The van der Waals surface area contributed by atoms with Gasteiger partial charge in [-0.3, -0.25) is 4.90 Å². The summed E-state index contributed by atoms with van der Waals surface area (Å²) in [6.45, 7) is 11.1. The minimum atomic E-state index is -0.0797. The van der Waals surface area contributed by atoms with Gasteiger partial charge in [0.15, 0.2) is 0 Å². The lowest BCUT2D eigenvalue weighted by Crippen LogP contribution is -2.14. The number of phenolic OH excluding ortho intramolecular Hbond substituents is 1. The summed E-state index contributed by atoms with van der Waals surface area (Å²) >= 11 is 0. The first-order valence-electron chi connectivity index (χ1n) is 13.9. The summed E-state index contributed by atoms with van der Waals surface area (Å²) in [5, 5.41) is 10.6. The molecule has 4 heteroatoms. The first-order chi connectivity index (χ1) is 19.2. The third-order valence-corrected chi connectivity index (χ3v) is 6.97. The van der Waals surface area contributed by atoms with E-state index < -0.39 is 0 Å². The van der Waals surface area contributed by atoms with Crippen molar-refractivity contribution >= 4 is 17.3 Å². The minimum absolute atomic E-state index is 0.0797. The Labute approximate surface area is 238 Å². The molecule has 3 aromatic carbocycles. The number of aromatic nitrogens is 2. The van der Waals surface area contributed by atoms with Crippen molar-refractivity contribution in [3.8, 4) is 28.1 Å². The van der Waals surface area contributed by atoms with E-state index in [1.165, 1.54) is 11.1 Å². The van der Waals surface area contributed by atoms with Gasteiger partial charge < -0.3 is 5.11 Å². The van der Waals surface area contributed by atoms with Crippen molar-refractivity contribution in [2.45, 2.75) is 46.5 Å². The molecular weight excluding hydrogens is 490 g/mol. The molecule has 2 heterocycles. The van der Waals surface area contributed by atoms with Gasteiger partial charge in [-0.2, -0.15) is 0 Å². The Kier molecular flexibility index (Phi) is 7.70. The molecule has 0 spiro atoms. The molecule has 0 saturated carbocycles. The van der Waals surface area contributed by atoms with Gasteiger partial charge in [0, 0.05) is 23.0 Å². The molecule has 0 aliphatic carbocycles. The van der Waals surface area contributed by atoms with Crippen LogP contribution in [0.3, 0.4) is 0 Å². The van der Waals surface area contributed by atoms with Crippen LogP contribution in [0.25, 0.3) is 22.4 Å². The molecular formula is C36H37N3O. The second-order valence-electron chi connectivity index (χ2n) is 11.7. The number of benzene rings is 3. The molecule has 0 atom stereocenters. The van der Waals surface area contributed by atoms with Crippen molar-refractivity contribution in [3.63, 3.8) is 0 Å². The first-order valence-corrected chi connectivity index (χ1v) is 13.9. The zero-order valence-electron chi connectivity index (χ0n) is 24.0. The fourth-order valence-corrected chi connectivity index (χ4v) is 4.93. The number of hydrogen-bond donors (Lipinski definition) is 1. The van der Waals surface area contributed by atoms with Crippen LogP contribution in [-0.2, 0) is 11.8 Å². The van der Waals surface area contributed by atoms with Gasteiger partial charge in [0.1, 0.15) is 17.4 Å². The van der Waals surface area contributed by atoms with E-state index in [1.54, 1.807) is 6.07 Å². The maximum Gasteiger partial charge on any atom is 0.139 e. The number of anilines is 3. The van der Waals surface area contributed by atoms with Crippen molar-refractivity contribution in [2.24, 2.45) is 5.92 Å². The molecule has 0 aliphatic rings. The number of hydrogen-bond acceptors (Lipinski definition) is 4. The van der Waals surface area contributed by atoms with E-state index in [2.05, 4.69) is 88.0 Å². The van der Waals surface area contributed by atoms with Crippen molar-refractivity contribution in [1.29, 1.82) is 0 Å². The first kappa shape index (κ1) is 27.1. The zero-order valence-corrected chi connectivity index (χ0v) is 24.0. The molecule has 5 rings (SSSR count). The largest absolute Gasteiger partial charge is 0.507 e. The number of nitrogens with zero attached hydrogens (tertiary/aromatic N) is 3. The predicted molar refractivity (Wildman–Crippen MR) is 166 cm³/mol. The summed E-state index contributed by atoms with van der Waals surface area (Å²) in [7, 11) is 0. The van der Waals surface area contributed by atoms with Gasteiger partial charge in [0.2, 0.25) is 0 Å². The summed E-state index contributed by atoms with van der Waals surface area (Å²) in [6.07, 6.45) is 2.87. The third kappa shape index (κ3) is 6.07. The van der Waals surface area contributed by atoms with Crippen molar-refractivity contribution in [3.05, 3.63) is 120 Å². The van der Waals surface area contributed by atoms with E-state index in [0.29, 0.717) is 5.92 Å². The van der Waals surface area contributed by atoms with Crippen LogP contribution < -0.4 is 4.90 Å². The van der Waals surface area contributed by atoms with Gasteiger partial charge in [-0.05, 0) is 89.0 Å². The topological polar surface area (TPSA) is 49.2 Å². The van der Waals surface area contributed by atoms with Crippen molar-refractivity contribution in [2.75, 3.05) is 4.90 Å². The molecule has 4 nitrogen and oxygen atoms in total. The molecule has 202 valence electrons. The van der Waals surface area contributed by atoms with E-state index in [0.717, 1.165) is 46.1 Å². The van der Waals surface area contributed by atoms with Crippen LogP contribution in [0.2, 0.25) is 0 Å². The highest BCUT2D eigenvalue weighted by Crippen LogP contribution is 2.38. The fraction of sp³-hybridized carbons (Fsp3) is 0.222. The molecule has 0 radical (unpaired) electrons. The van der Waals surface area contributed by atoms with Gasteiger partial charge in [-0.15, -0.1) is 0 Å². The molecule has 0 amide bonds. The smallest absolute Gasteiger partial charge is 0.139 e. The van der Waals surface area contributed by atoms with Crippen LogP contribution in [0, 0.1) is 5.92 Å².